The first-order valence-electron chi connectivity index (χ1n) is 4.07. The van der Waals surface area contributed by atoms with Crippen molar-refractivity contribution in [2.24, 2.45) is 5.73 Å². The molecule has 0 aliphatic carbocycles. The van der Waals surface area contributed by atoms with Gasteiger partial charge in [0.2, 0.25) is 0 Å². The van der Waals surface area contributed by atoms with Crippen LogP contribution >= 0.6 is 35.6 Å². The van der Waals surface area contributed by atoms with E-state index >= 15 is 0 Å². The zero-order valence-electron chi connectivity index (χ0n) is 7.98. The number of carboxylic acids is 1. The number of aromatic hydroxyl groups is 1. The van der Waals surface area contributed by atoms with Gasteiger partial charge >= 0.3 is 5.97 Å². The Morgan fingerprint density at radius 1 is 1.38 bits per heavy atom. The fraction of sp³-hybridized carbons (Fsp3) is 0.222. The van der Waals surface area contributed by atoms with Crippen LogP contribution in [0.3, 0.4) is 0 Å². The molecule has 16 heavy (non-hydrogen) atoms. The fourth-order valence-corrected chi connectivity index (χ4v) is 1.61. The van der Waals surface area contributed by atoms with Crippen LogP contribution in [0.2, 0.25) is 10.0 Å². The maximum absolute atomic E-state index is 10.5. The Bertz CT molecular complexity index is 375. The number of hydrogen-bond acceptors (Lipinski definition) is 3. The Morgan fingerprint density at radius 3 is 2.19 bits per heavy atom. The second-order valence-corrected chi connectivity index (χ2v) is 3.87. The van der Waals surface area contributed by atoms with Crippen LogP contribution in [0.15, 0.2) is 12.1 Å². The Hall–Kier alpha value is -0.680. The van der Waals surface area contributed by atoms with Crippen LogP contribution < -0.4 is 5.73 Å². The third kappa shape index (κ3) is 3.72. The molecule has 0 fully saturated rings. The van der Waals surface area contributed by atoms with Gasteiger partial charge in [-0.25, -0.2) is 0 Å². The van der Waals surface area contributed by atoms with Crippen molar-refractivity contribution < 1.29 is 15.0 Å². The van der Waals surface area contributed by atoms with Gasteiger partial charge in [0.05, 0.1) is 10.0 Å². The van der Waals surface area contributed by atoms with E-state index in [0.29, 0.717) is 5.56 Å². The molecule has 0 radical (unpaired) electrons. The molecule has 90 valence electrons. The van der Waals surface area contributed by atoms with Gasteiger partial charge in [-0.15, -0.1) is 12.4 Å². The summed E-state index contributed by atoms with van der Waals surface area (Å²) in [6.07, 6.45) is 0.106. The molecule has 0 amide bonds. The summed E-state index contributed by atoms with van der Waals surface area (Å²) >= 11 is 11.3. The van der Waals surface area contributed by atoms with Crippen LogP contribution in [0.1, 0.15) is 5.56 Å². The lowest BCUT2D eigenvalue weighted by molar-refractivity contribution is -0.138. The van der Waals surface area contributed by atoms with Crippen molar-refractivity contribution in [2.75, 3.05) is 0 Å². The van der Waals surface area contributed by atoms with Gasteiger partial charge < -0.3 is 15.9 Å². The minimum absolute atomic E-state index is 0. The molecular weight excluding hydrogens is 276 g/mol. The van der Waals surface area contributed by atoms with Crippen molar-refractivity contribution in [3.8, 4) is 5.75 Å². The molecule has 7 heteroatoms. The number of nitrogens with two attached hydrogens (primary N) is 1. The lowest BCUT2D eigenvalue weighted by Gasteiger charge is -2.08. The highest BCUT2D eigenvalue weighted by Crippen LogP contribution is 2.32. The SMILES string of the molecule is Cl.NC(Cc1cc(Cl)c(O)c(Cl)c1)C(=O)O. The molecule has 0 aromatic heterocycles. The minimum atomic E-state index is -1.10. The fourth-order valence-electron chi connectivity index (χ4n) is 1.08. The van der Waals surface area contributed by atoms with Crippen molar-refractivity contribution in [1.82, 2.24) is 0 Å². The summed E-state index contributed by atoms with van der Waals surface area (Å²) in [6.45, 7) is 0. The Morgan fingerprint density at radius 2 is 1.81 bits per heavy atom. The van der Waals surface area contributed by atoms with Gasteiger partial charge in [-0.05, 0) is 24.1 Å². The molecule has 1 aromatic rings. The van der Waals surface area contributed by atoms with E-state index in [1.165, 1.54) is 12.1 Å². The molecule has 1 atom stereocenters. The van der Waals surface area contributed by atoms with Crippen molar-refractivity contribution in [3.05, 3.63) is 27.7 Å². The second-order valence-electron chi connectivity index (χ2n) is 3.06. The van der Waals surface area contributed by atoms with E-state index in [2.05, 4.69) is 0 Å². The molecule has 0 spiro atoms. The smallest absolute Gasteiger partial charge is 0.320 e. The molecule has 4 N–H and O–H groups in total. The van der Waals surface area contributed by atoms with Crippen LogP contribution in [0.4, 0.5) is 0 Å². The number of rotatable bonds is 3. The molecule has 0 aliphatic rings. The summed E-state index contributed by atoms with van der Waals surface area (Å²) in [5, 5.41) is 18.0. The van der Waals surface area contributed by atoms with Crippen molar-refractivity contribution in [3.63, 3.8) is 0 Å². The van der Waals surface area contributed by atoms with E-state index in [-0.39, 0.29) is 34.6 Å². The van der Waals surface area contributed by atoms with E-state index in [4.69, 9.17) is 34.0 Å². The predicted molar refractivity (Wildman–Crippen MR) is 64.7 cm³/mol. The molecule has 0 bridgehead atoms. The number of carbonyl (C=O) groups is 1. The van der Waals surface area contributed by atoms with Gasteiger partial charge in [0.15, 0.2) is 5.75 Å². The van der Waals surface area contributed by atoms with E-state index in [9.17, 15) is 9.90 Å². The lowest BCUT2D eigenvalue weighted by Crippen LogP contribution is -2.32. The maximum atomic E-state index is 10.5. The highest BCUT2D eigenvalue weighted by molar-refractivity contribution is 6.37. The summed E-state index contributed by atoms with van der Waals surface area (Å²) in [6, 6.07) is 1.86. The molecule has 0 saturated heterocycles. The number of phenols is 1. The first kappa shape index (κ1) is 15.3. The van der Waals surface area contributed by atoms with Crippen LogP contribution in [0.5, 0.6) is 5.75 Å². The molecule has 1 unspecified atom stereocenters. The molecule has 0 aliphatic heterocycles. The average molecular weight is 287 g/mol. The Labute approximate surface area is 108 Å². The summed E-state index contributed by atoms with van der Waals surface area (Å²) in [5.74, 6) is -1.32. The van der Waals surface area contributed by atoms with Gasteiger partial charge in [-0.1, -0.05) is 23.2 Å². The number of carboxylic acid groups (broad SMARTS) is 1. The van der Waals surface area contributed by atoms with Gasteiger partial charge in [-0.2, -0.15) is 0 Å². The summed E-state index contributed by atoms with van der Waals surface area (Å²) in [4.78, 5) is 10.5. The number of aliphatic carboxylic acids is 1. The molecular formula is C9H10Cl3NO3. The summed E-state index contributed by atoms with van der Waals surface area (Å²) in [7, 11) is 0. The monoisotopic (exact) mass is 285 g/mol. The van der Waals surface area contributed by atoms with Crippen LogP contribution in [0.25, 0.3) is 0 Å². The van der Waals surface area contributed by atoms with E-state index in [1.54, 1.807) is 0 Å². The van der Waals surface area contributed by atoms with Crippen LogP contribution in [-0.2, 0) is 11.2 Å². The molecule has 1 aromatic carbocycles. The molecule has 4 nitrogen and oxygen atoms in total. The molecule has 0 heterocycles. The van der Waals surface area contributed by atoms with E-state index in [0.717, 1.165) is 0 Å². The number of halogens is 3. The molecule has 1 rings (SSSR count). The molecule has 0 saturated carbocycles. The standard InChI is InChI=1S/C9H9Cl2NO3.ClH/c10-5-1-4(2-6(11)8(5)13)3-7(12)9(14)15;/h1-2,7,13H,3,12H2,(H,14,15);1H. The highest BCUT2D eigenvalue weighted by atomic mass is 35.5. The van der Waals surface area contributed by atoms with Crippen molar-refractivity contribution in [1.29, 1.82) is 0 Å². The van der Waals surface area contributed by atoms with Crippen LogP contribution in [-0.4, -0.2) is 22.2 Å². The highest BCUT2D eigenvalue weighted by Gasteiger charge is 2.14. The van der Waals surface area contributed by atoms with Gasteiger partial charge in [-0.3, -0.25) is 4.79 Å². The number of hydrogen-bond donors (Lipinski definition) is 3. The normalized spacial score (nSPS) is 11.7. The number of benzene rings is 1. The largest absolute Gasteiger partial charge is 0.505 e. The Balaban J connectivity index is 0.00000225. The second kappa shape index (κ2) is 6.15. The van der Waals surface area contributed by atoms with E-state index < -0.39 is 12.0 Å². The Kier molecular flexibility index (Phi) is 5.89. The van der Waals surface area contributed by atoms with Crippen LogP contribution in [0, 0.1) is 0 Å². The first-order chi connectivity index (χ1) is 6.91. The summed E-state index contributed by atoms with van der Waals surface area (Å²) in [5.41, 5.74) is 5.91. The van der Waals surface area contributed by atoms with Crippen molar-refractivity contribution in [2.45, 2.75) is 12.5 Å². The number of phenolic OH excluding ortho intramolecular Hbond substituents is 1. The third-order valence-electron chi connectivity index (χ3n) is 1.85. The zero-order chi connectivity index (χ0) is 11.6. The predicted octanol–water partition coefficient (Wildman–Crippen LogP) is 2.08. The topological polar surface area (TPSA) is 83.5 Å². The van der Waals surface area contributed by atoms with Gasteiger partial charge in [0.25, 0.3) is 0 Å². The quantitative estimate of drug-likeness (QED) is 0.794. The van der Waals surface area contributed by atoms with Crippen molar-refractivity contribution >= 4 is 41.6 Å². The average Bonchev–Trinajstić information content (AvgIpc) is 2.13. The zero-order valence-corrected chi connectivity index (χ0v) is 10.3. The maximum Gasteiger partial charge on any atom is 0.320 e. The lowest BCUT2D eigenvalue weighted by atomic mass is 10.1. The van der Waals surface area contributed by atoms with Gasteiger partial charge in [0.1, 0.15) is 6.04 Å². The minimum Gasteiger partial charge on any atom is -0.505 e. The van der Waals surface area contributed by atoms with Gasteiger partial charge in [0, 0.05) is 0 Å². The van der Waals surface area contributed by atoms with E-state index in [1.807, 2.05) is 0 Å². The third-order valence-corrected chi connectivity index (χ3v) is 2.43. The summed E-state index contributed by atoms with van der Waals surface area (Å²) < 4.78 is 0. The first-order valence-corrected chi connectivity index (χ1v) is 4.82.